The lowest BCUT2D eigenvalue weighted by atomic mass is 10.0. The third-order valence-corrected chi connectivity index (χ3v) is 17.9. The van der Waals surface area contributed by atoms with Crippen LogP contribution >= 0.6 is 15.8 Å². The highest BCUT2D eigenvalue weighted by Gasteiger charge is 2.29. The third-order valence-electron chi connectivity index (χ3n) is 12.9. The van der Waals surface area contributed by atoms with Crippen molar-refractivity contribution in [2.75, 3.05) is 10.6 Å². The molecule has 0 saturated heterocycles. The van der Waals surface area contributed by atoms with Crippen molar-refractivity contribution in [3.8, 4) is 0 Å². The van der Waals surface area contributed by atoms with E-state index in [2.05, 4.69) is 241 Å². The molecule has 1 aliphatic rings. The standard InChI is InChI=1S/C60H40N2P2/c1-3-23-51(24-4-1)63-57-35-45-21-13-11-19-43(45)31-53(57)61-55-33-47-27-39-15-7-9-17-41(39)29-49(47)37-59(55)64(52-25-5-2-6-26-52)60-38-50-30-42-18-10-8-16-40(42)28-48(50)34-56(60)62-54-32-44-20-12-14-22-46(44)36-58(54)63/h1-38,61-62H. The molecule has 300 valence electrons. The minimum Gasteiger partial charge on any atom is -0.354 e. The maximum atomic E-state index is 4.26. The number of hydrogen-bond donors (Lipinski definition) is 2. The van der Waals surface area contributed by atoms with Gasteiger partial charge < -0.3 is 10.6 Å². The van der Waals surface area contributed by atoms with Crippen molar-refractivity contribution >= 4 is 135 Å². The topological polar surface area (TPSA) is 24.1 Å². The van der Waals surface area contributed by atoms with Crippen molar-refractivity contribution in [1.29, 1.82) is 0 Å². The van der Waals surface area contributed by atoms with Crippen molar-refractivity contribution in [2.24, 2.45) is 0 Å². The molecule has 12 aromatic rings. The molecule has 0 fully saturated rings. The van der Waals surface area contributed by atoms with Crippen LogP contribution in [0.2, 0.25) is 0 Å². The number of anilines is 4. The number of nitrogens with one attached hydrogen (secondary N) is 2. The molecule has 12 aromatic carbocycles. The lowest BCUT2D eigenvalue weighted by molar-refractivity contribution is 1.62. The summed E-state index contributed by atoms with van der Waals surface area (Å²) >= 11 is 0. The normalized spacial score (nSPS) is 14.8. The maximum absolute atomic E-state index is 4.26. The summed E-state index contributed by atoms with van der Waals surface area (Å²) < 4.78 is 0. The quantitative estimate of drug-likeness (QED) is 0.134. The molecule has 2 N–H and O–H groups in total. The largest absolute Gasteiger partial charge is 0.354 e. The summed E-state index contributed by atoms with van der Waals surface area (Å²) in [5.41, 5.74) is 4.51. The molecule has 2 nitrogen and oxygen atoms in total. The Morgan fingerprint density at radius 1 is 0.203 bits per heavy atom. The van der Waals surface area contributed by atoms with E-state index >= 15 is 0 Å². The zero-order valence-electron chi connectivity index (χ0n) is 34.8. The van der Waals surface area contributed by atoms with Gasteiger partial charge in [0.25, 0.3) is 0 Å². The Hall–Kier alpha value is -7.34. The van der Waals surface area contributed by atoms with Gasteiger partial charge in [-0.1, -0.05) is 158 Å². The predicted octanol–water partition coefficient (Wildman–Crippen LogP) is 13.9. The minimum absolute atomic E-state index is 1.11. The monoisotopic (exact) mass is 850 g/mol. The zero-order valence-corrected chi connectivity index (χ0v) is 36.6. The Kier molecular flexibility index (Phi) is 8.83. The van der Waals surface area contributed by atoms with Gasteiger partial charge in [0.05, 0.1) is 0 Å². The van der Waals surface area contributed by atoms with Gasteiger partial charge in [0.2, 0.25) is 0 Å². The van der Waals surface area contributed by atoms with Crippen molar-refractivity contribution in [3.05, 3.63) is 231 Å². The van der Waals surface area contributed by atoms with E-state index in [0.717, 1.165) is 22.7 Å². The highest BCUT2D eigenvalue weighted by molar-refractivity contribution is 7.81. The number of benzene rings is 12. The van der Waals surface area contributed by atoms with Crippen molar-refractivity contribution < 1.29 is 0 Å². The van der Waals surface area contributed by atoms with Gasteiger partial charge >= 0.3 is 0 Å². The zero-order chi connectivity index (χ0) is 42.1. The van der Waals surface area contributed by atoms with Crippen molar-refractivity contribution in [1.82, 2.24) is 0 Å². The maximum Gasteiger partial charge on any atom is 0.0475 e. The van der Waals surface area contributed by atoms with Gasteiger partial charge in [-0.05, 0) is 164 Å². The molecule has 0 radical (unpaired) electrons. The first-order valence-electron chi connectivity index (χ1n) is 21.9. The second kappa shape index (κ2) is 15.2. The highest BCUT2D eigenvalue weighted by atomic mass is 31.1. The lowest BCUT2D eigenvalue weighted by Crippen LogP contribution is -2.29. The molecule has 0 bridgehead atoms. The summed E-state index contributed by atoms with van der Waals surface area (Å²) in [6.45, 7) is 0. The highest BCUT2D eigenvalue weighted by Crippen LogP contribution is 2.47. The minimum atomic E-state index is -1.15. The van der Waals surface area contributed by atoms with E-state index in [1.165, 1.54) is 96.5 Å². The fraction of sp³-hybridized carbons (Fsp3) is 0. The Bertz CT molecular complexity index is 3600. The molecule has 64 heavy (non-hydrogen) atoms. The first-order valence-corrected chi connectivity index (χ1v) is 24.6. The van der Waals surface area contributed by atoms with Crippen LogP contribution < -0.4 is 42.5 Å². The van der Waals surface area contributed by atoms with Crippen LogP contribution in [-0.2, 0) is 0 Å². The molecule has 0 spiro atoms. The first kappa shape index (κ1) is 37.2. The smallest absolute Gasteiger partial charge is 0.0475 e. The van der Waals surface area contributed by atoms with Crippen LogP contribution in [0.1, 0.15) is 0 Å². The Morgan fingerprint density at radius 3 is 0.734 bits per heavy atom. The van der Waals surface area contributed by atoms with E-state index in [9.17, 15) is 0 Å². The van der Waals surface area contributed by atoms with Crippen LogP contribution in [0.5, 0.6) is 0 Å². The SMILES string of the molecule is c1ccc(P2c3cc4ccccc4cc3Nc3cc4cc5ccccc5cc4cc3P(c3ccccc3)c3cc4cc5ccccc5cc4cc3Nc3cc4ccccc4cc32)cc1. The summed E-state index contributed by atoms with van der Waals surface area (Å²) in [6, 6.07) is 86.5. The fourth-order valence-corrected chi connectivity index (χ4v) is 14.9. The molecule has 0 unspecified atom stereocenters. The molecule has 0 aromatic heterocycles. The van der Waals surface area contributed by atoms with Gasteiger partial charge in [0.15, 0.2) is 0 Å². The van der Waals surface area contributed by atoms with Gasteiger partial charge in [-0.25, -0.2) is 0 Å². The van der Waals surface area contributed by atoms with Gasteiger partial charge in [-0.3, -0.25) is 0 Å². The van der Waals surface area contributed by atoms with Crippen LogP contribution in [0.25, 0.3) is 64.6 Å². The van der Waals surface area contributed by atoms with E-state index in [4.69, 9.17) is 0 Å². The summed E-state index contributed by atoms with van der Waals surface area (Å²) in [5.74, 6) is 0. The third kappa shape index (κ3) is 6.41. The van der Waals surface area contributed by atoms with E-state index in [-0.39, 0.29) is 0 Å². The van der Waals surface area contributed by atoms with E-state index in [1.807, 2.05) is 0 Å². The van der Waals surface area contributed by atoms with Crippen LogP contribution in [-0.4, -0.2) is 0 Å². The van der Waals surface area contributed by atoms with Gasteiger partial charge in [-0.2, -0.15) is 0 Å². The number of hydrogen-bond acceptors (Lipinski definition) is 2. The molecular formula is C60H40N2P2. The van der Waals surface area contributed by atoms with E-state index in [1.54, 1.807) is 0 Å². The average Bonchev–Trinajstić information content (AvgIpc) is 3.33. The molecule has 4 heteroatoms. The molecule has 0 amide bonds. The van der Waals surface area contributed by atoms with Crippen molar-refractivity contribution in [2.45, 2.75) is 0 Å². The second-order valence-electron chi connectivity index (χ2n) is 16.9. The summed E-state index contributed by atoms with van der Waals surface area (Å²) in [4.78, 5) is 0. The van der Waals surface area contributed by atoms with Crippen LogP contribution in [0.3, 0.4) is 0 Å². The molecule has 1 heterocycles. The first-order chi connectivity index (χ1) is 31.7. The molecule has 1 aliphatic heterocycles. The summed E-state index contributed by atoms with van der Waals surface area (Å²) in [5, 5.41) is 31.0. The van der Waals surface area contributed by atoms with Gasteiger partial charge in [-0.15, -0.1) is 0 Å². The van der Waals surface area contributed by atoms with Gasteiger partial charge in [0.1, 0.15) is 0 Å². The molecule has 0 saturated carbocycles. The summed E-state index contributed by atoms with van der Waals surface area (Å²) in [7, 11) is -2.25. The van der Waals surface area contributed by atoms with Crippen LogP contribution in [0, 0.1) is 0 Å². The molecule has 0 aliphatic carbocycles. The van der Waals surface area contributed by atoms with Crippen LogP contribution in [0.4, 0.5) is 22.7 Å². The summed E-state index contributed by atoms with van der Waals surface area (Å²) in [6.07, 6.45) is 0. The Morgan fingerprint density at radius 2 is 0.422 bits per heavy atom. The Labute approximate surface area is 374 Å². The molecular weight excluding hydrogens is 811 g/mol. The van der Waals surface area contributed by atoms with Gasteiger partial charge in [0, 0.05) is 44.0 Å². The van der Waals surface area contributed by atoms with E-state index in [0.29, 0.717) is 0 Å². The van der Waals surface area contributed by atoms with E-state index < -0.39 is 15.8 Å². The predicted molar refractivity (Wildman–Crippen MR) is 282 cm³/mol. The van der Waals surface area contributed by atoms with Crippen molar-refractivity contribution in [3.63, 3.8) is 0 Å². The average molecular weight is 851 g/mol. The molecule has 13 rings (SSSR count). The fourth-order valence-electron chi connectivity index (χ4n) is 9.82. The number of fused-ring (bicyclic) bond motifs is 10. The second-order valence-corrected chi connectivity index (χ2v) is 21.2. The Balaban J connectivity index is 1.20. The van der Waals surface area contributed by atoms with Crippen LogP contribution in [0.15, 0.2) is 231 Å². The molecule has 0 atom stereocenters. The lowest BCUT2D eigenvalue weighted by Gasteiger charge is -2.31. The number of rotatable bonds is 2.